The molecule has 0 atom stereocenters. The molecule has 0 saturated carbocycles. The topological polar surface area (TPSA) is 86.7 Å². The van der Waals surface area contributed by atoms with Gasteiger partial charge in [-0.25, -0.2) is 13.2 Å². The van der Waals surface area contributed by atoms with E-state index < -0.39 is 21.6 Å². The molecular weight excluding hydrogens is 344 g/mol. The van der Waals surface area contributed by atoms with E-state index in [4.69, 9.17) is 9.47 Å². The van der Waals surface area contributed by atoms with Crippen LogP contribution in [0.2, 0.25) is 0 Å². The zero-order valence-corrected chi connectivity index (χ0v) is 14.9. The lowest BCUT2D eigenvalue weighted by Gasteiger charge is -2.15. The Morgan fingerprint density at radius 1 is 1.00 bits per heavy atom. The molecule has 0 unspecified atom stereocenters. The number of rotatable bonds is 6. The third kappa shape index (κ3) is 3.88. The maximum atomic E-state index is 12.6. The normalized spacial score (nSPS) is 11.0. The molecule has 0 aliphatic rings. The number of sulfone groups is 1. The van der Waals surface area contributed by atoms with Crippen molar-refractivity contribution in [3.05, 3.63) is 59.2 Å². The van der Waals surface area contributed by atoms with Gasteiger partial charge in [-0.05, 0) is 30.7 Å². The molecule has 6 nitrogen and oxygen atoms in total. The van der Waals surface area contributed by atoms with Crippen molar-refractivity contribution < 1.29 is 27.5 Å². The Morgan fingerprint density at radius 2 is 1.64 bits per heavy atom. The van der Waals surface area contributed by atoms with Crippen molar-refractivity contribution in [2.24, 2.45) is 0 Å². The van der Waals surface area contributed by atoms with Crippen LogP contribution in [0.25, 0.3) is 0 Å². The smallest absolute Gasteiger partial charge is 0.341 e. The van der Waals surface area contributed by atoms with E-state index in [1.165, 1.54) is 45.4 Å². The lowest BCUT2D eigenvalue weighted by molar-refractivity contribution is 0.0596. The number of ketones is 1. The molecule has 132 valence electrons. The Labute approximate surface area is 146 Å². The number of hydrogen-bond acceptors (Lipinski definition) is 6. The number of carbonyl (C=O) groups excluding carboxylic acids is 2. The predicted molar refractivity (Wildman–Crippen MR) is 91.7 cm³/mol. The van der Waals surface area contributed by atoms with Gasteiger partial charge in [-0.15, -0.1) is 0 Å². The molecule has 0 spiro atoms. The van der Waals surface area contributed by atoms with Crippen LogP contribution in [0.1, 0.15) is 33.2 Å². The van der Waals surface area contributed by atoms with Gasteiger partial charge in [-0.1, -0.05) is 24.3 Å². The van der Waals surface area contributed by atoms with Gasteiger partial charge >= 0.3 is 5.97 Å². The van der Waals surface area contributed by atoms with Gasteiger partial charge in [0.1, 0.15) is 11.3 Å². The molecule has 0 heterocycles. The Kier molecular flexibility index (Phi) is 5.58. The molecule has 0 bridgehead atoms. The van der Waals surface area contributed by atoms with Gasteiger partial charge < -0.3 is 9.47 Å². The molecule has 0 aliphatic heterocycles. The quantitative estimate of drug-likeness (QED) is 0.580. The summed E-state index contributed by atoms with van der Waals surface area (Å²) in [5, 5.41) is 0. The van der Waals surface area contributed by atoms with Crippen LogP contribution in [0, 0.1) is 0 Å². The first-order chi connectivity index (χ1) is 11.8. The summed E-state index contributed by atoms with van der Waals surface area (Å²) in [4.78, 5) is 24.1. The number of methoxy groups -OCH3 is 2. The first kappa shape index (κ1) is 18.7. The van der Waals surface area contributed by atoms with E-state index in [1.54, 1.807) is 18.2 Å². The zero-order chi connectivity index (χ0) is 18.6. The van der Waals surface area contributed by atoms with E-state index in [-0.39, 0.29) is 33.1 Å². The molecule has 0 radical (unpaired) electrons. The van der Waals surface area contributed by atoms with Crippen molar-refractivity contribution in [3.8, 4) is 5.75 Å². The fourth-order valence-electron chi connectivity index (χ4n) is 2.47. The third-order valence-corrected chi connectivity index (χ3v) is 5.35. The minimum Gasteiger partial charge on any atom is -0.495 e. The van der Waals surface area contributed by atoms with Crippen LogP contribution < -0.4 is 4.74 Å². The monoisotopic (exact) mass is 362 g/mol. The SMILES string of the molecule is COC(=O)c1c(CS(=O)(=O)c2ccccc2)ccc(C(C)=O)c1OC. The van der Waals surface area contributed by atoms with Crippen molar-refractivity contribution >= 4 is 21.6 Å². The number of hydrogen-bond donors (Lipinski definition) is 0. The maximum Gasteiger partial charge on any atom is 0.341 e. The first-order valence-corrected chi connectivity index (χ1v) is 9.04. The second-order valence-electron chi connectivity index (χ2n) is 5.30. The Morgan fingerprint density at radius 3 is 2.16 bits per heavy atom. The van der Waals surface area contributed by atoms with Crippen LogP contribution >= 0.6 is 0 Å². The average Bonchev–Trinajstić information content (AvgIpc) is 2.60. The van der Waals surface area contributed by atoms with E-state index >= 15 is 0 Å². The molecule has 0 fully saturated rings. The van der Waals surface area contributed by atoms with E-state index in [9.17, 15) is 18.0 Å². The highest BCUT2D eigenvalue weighted by Gasteiger charge is 2.26. The molecule has 0 amide bonds. The van der Waals surface area contributed by atoms with Gasteiger partial charge in [-0.3, -0.25) is 4.79 Å². The van der Waals surface area contributed by atoms with Crippen molar-refractivity contribution in [1.82, 2.24) is 0 Å². The largest absolute Gasteiger partial charge is 0.495 e. The molecule has 0 aliphatic carbocycles. The zero-order valence-electron chi connectivity index (χ0n) is 14.1. The summed E-state index contributed by atoms with van der Waals surface area (Å²) in [6, 6.07) is 10.8. The number of ether oxygens (including phenoxy) is 2. The molecule has 2 aromatic rings. The first-order valence-electron chi connectivity index (χ1n) is 7.38. The van der Waals surface area contributed by atoms with Crippen molar-refractivity contribution in [3.63, 3.8) is 0 Å². The van der Waals surface area contributed by atoms with Gasteiger partial charge in [0.05, 0.1) is 30.4 Å². The van der Waals surface area contributed by atoms with Crippen LogP contribution in [0.3, 0.4) is 0 Å². The third-order valence-electron chi connectivity index (χ3n) is 3.66. The minimum atomic E-state index is -3.68. The average molecular weight is 362 g/mol. The summed E-state index contributed by atoms with van der Waals surface area (Å²) in [5.74, 6) is -1.48. The molecule has 25 heavy (non-hydrogen) atoms. The molecule has 0 saturated heterocycles. The highest BCUT2D eigenvalue weighted by molar-refractivity contribution is 7.90. The summed E-state index contributed by atoms with van der Waals surface area (Å²) in [6.07, 6.45) is 0. The van der Waals surface area contributed by atoms with Crippen molar-refractivity contribution in [1.29, 1.82) is 0 Å². The van der Waals surface area contributed by atoms with E-state index in [1.807, 2.05) is 0 Å². The van der Waals surface area contributed by atoms with Gasteiger partial charge in [-0.2, -0.15) is 0 Å². The van der Waals surface area contributed by atoms with Gasteiger partial charge in [0.2, 0.25) is 0 Å². The molecule has 0 aromatic heterocycles. The molecule has 0 N–H and O–H groups in total. The van der Waals surface area contributed by atoms with Crippen LogP contribution in [0.15, 0.2) is 47.4 Å². The predicted octanol–water partition coefficient (Wildman–Crippen LogP) is 2.66. The number of esters is 1. The van der Waals surface area contributed by atoms with Crippen LogP contribution in [-0.4, -0.2) is 34.4 Å². The molecule has 2 rings (SSSR count). The minimum absolute atomic E-state index is 0.0140. The second kappa shape index (κ2) is 7.48. The Bertz CT molecular complexity index is 901. The fraction of sp³-hybridized carbons (Fsp3) is 0.222. The summed E-state index contributed by atoms with van der Waals surface area (Å²) in [6.45, 7) is 1.33. The molecular formula is C18H18O6S. The highest BCUT2D eigenvalue weighted by atomic mass is 32.2. The second-order valence-corrected chi connectivity index (χ2v) is 7.29. The van der Waals surface area contributed by atoms with E-state index in [0.29, 0.717) is 0 Å². The number of Topliss-reactive ketones (excluding diaryl/α,β-unsaturated/α-hetero) is 1. The van der Waals surface area contributed by atoms with E-state index in [2.05, 4.69) is 0 Å². The Hall–Kier alpha value is -2.67. The summed E-state index contributed by atoms with van der Waals surface area (Å²) < 4.78 is 35.2. The van der Waals surface area contributed by atoms with Gasteiger partial charge in [0.15, 0.2) is 15.6 Å². The lowest BCUT2D eigenvalue weighted by atomic mass is 10.0. The van der Waals surface area contributed by atoms with Crippen LogP contribution in [-0.2, 0) is 20.3 Å². The van der Waals surface area contributed by atoms with Gasteiger partial charge in [0.25, 0.3) is 0 Å². The van der Waals surface area contributed by atoms with E-state index in [0.717, 1.165) is 0 Å². The van der Waals surface area contributed by atoms with Crippen molar-refractivity contribution in [2.75, 3.05) is 14.2 Å². The molecule has 7 heteroatoms. The standard InChI is InChI=1S/C18H18O6S/c1-12(19)15-10-9-13(16(17(15)23-2)18(20)24-3)11-25(21,22)14-7-5-4-6-8-14/h4-10H,11H2,1-3H3. The molecule has 2 aromatic carbocycles. The van der Waals surface area contributed by atoms with Gasteiger partial charge in [0, 0.05) is 0 Å². The summed E-state index contributed by atoms with van der Waals surface area (Å²) >= 11 is 0. The fourth-order valence-corrected chi connectivity index (χ4v) is 3.86. The van der Waals surface area contributed by atoms with Crippen LogP contribution in [0.5, 0.6) is 5.75 Å². The maximum absolute atomic E-state index is 12.6. The summed E-state index contributed by atoms with van der Waals surface area (Å²) in [7, 11) is -1.20. The lowest BCUT2D eigenvalue weighted by Crippen LogP contribution is -2.14. The summed E-state index contributed by atoms with van der Waals surface area (Å²) in [5.41, 5.74) is 0.332. The Balaban J connectivity index is 2.62. The highest BCUT2D eigenvalue weighted by Crippen LogP contribution is 2.31. The number of benzene rings is 2. The van der Waals surface area contributed by atoms with Crippen molar-refractivity contribution in [2.45, 2.75) is 17.6 Å². The van der Waals surface area contributed by atoms with Crippen LogP contribution in [0.4, 0.5) is 0 Å². The number of carbonyl (C=O) groups is 2.